The van der Waals surface area contributed by atoms with Crippen molar-refractivity contribution in [3.8, 4) is 0 Å². The fraction of sp³-hybridized carbons (Fsp3) is 0.235. The van der Waals surface area contributed by atoms with Gasteiger partial charge in [-0.1, -0.05) is 31.2 Å². The molecule has 1 N–H and O–H groups in total. The van der Waals surface area contributed by atoms with Crippen molar-refractivity contribution in [2.75, 3.05) is 4.72 Å². The molecule has 0 unspecified atom stereocenters. The summed E-state index contributed by atoms with van der Waals surface area (Å²) < 4.78 is 27.5. The molecule has 0 aliphatic carbocycles. The van der Waals surface area contributed by atoms with Crippen LogP contribution in [-0.4, -0.2) is 14.2 Å². The summed E-state index contributed by atoms with van der Waals surface area (Å²) in [7, 11) is -3.66. The maximum atomic E-state index is 12.4. The average molecular weight is 317 g/mol. The van der Waals surface area contributed by atoms with Crippen molar-refractivity contribution in [1.82, 2.24) is 0 Å². The lowest BCUT2D eigenvalue weighted by Crippen LogP contribution is -2.14. The molecule has 0 aliphatic rings. The van der Waals surface area contributed by atoms with E-state index in [0.29, 0.717) is 11.3 Å². The molecule has 2 aromatic carbocycles. The van der Waals surface area contributed by atoms with Crippen molar-refractivity contribution < 1.29 is 13.2 Å². The number of benzene rings is 2. The molecule has 2 rings (SSSR count). The third-order valence-electron chi connectivity index (χ3n) is 3.53. The highest BCUT2D eigenvalue weighted by Crippen LogP contribution is 2.22. The minimum atomic E-state index is -3.66. The van der Waals surface area contributed by atoms with Gasteiger partial charge in [-0.25, -0.2) is 8.42 Å². The molecule has 22 heavy (non-hydrogen) atoms. The van der Waals surface area contributed by atoms with E-state index in [2.05, 4.69) is 4.72 Å². The summed E-state index contributed by atoms with van der Waals surface area (Å²) in [6, 6.07) is 11.6. The first kappa shape index (κ1) is 16.2. The molecule has 0 bridgehead atoms. The molecule has 0 saturated carbocycles. The molecule has 0 aromatic heterocycles. The van der Waals surface area contributed by atoms with E-state index in [0.717, 1.165) is 17.5 Å². The lowest BCUT2D eigenvalue weighted by atomic mass is 10.1. The maximum absolute atomic E-state index is 12.4. The van der Waals surface area contributed by atoms with Gasteiger partial charge in [-0.3, -0.25) is 9.52 Å². The normalized spacial score (nSPS) is 11.2. The minimum Gasteiger partial charge on any atom is -0.295 e. The summed E-state index contributed by atoms with van der Waals surface area (Å²) in [4.78, 5) is 11.4. The Morgan fingerprint density at radius 3 is 2.27 bits per heavy atom. The monoisotopic (exact) mass is 317 g/mol. The van der Waals surface area contributed by atoms with Crippen LogP contribution in [0.2, 0.25) is 0 Å². The summed E-state index contributed by atoms with van der Waals surface area (Å²) in [6.45, 7) is 5.32. The molecule has 0 heterocycles. The van der Waals surface area contributed by atoms with E-state index < -0.39 is 10.0 Å². The number of Topliss-reactive ketones (excluding diaryl/α,β-unsaturated/α-hetero) is 1. The van der Waals surface area contributed by atoms with Crippen LogP contribution in [0.1, 0.15) is 35.3 Å². The molecule has 116 valence electrons. The fourth-order valence-corrected chi connectivity index (χ4v) is 3.19. The predicted octanol–water partition coefficient (Wildman–Crippen LogP) is 3.56. The molecule has 0 radical (unpaired) electrons. The molecule has 0 fully saturated rings. The molecule has 2 aromatic rings. The Bertz CT molecular complexity index is 793. The third kappa shape index (κ3) is 3.54. The van der Waals surface area contributed by atoms with Gasteiger partial charge in [-0.05, 0) is 49.6 Å². The molecule has 4 nitrogen and oxygen atoms in total. The number of sulfonamides is 1. The highest BCUT2D eigenvalue weighted by atomic mass is 32.2. The molecular weight excluding hydrogens is 298 g/mol. The number of carbonyl (C=O) groups is 1. The van der Waals surface area contributed by atoms with Gasteiger partial charge in [-0.2, -0.15) is 0 Å². The molecule has 0 spiro atoms. The largest absolute Gasteiger partial charge is 0.295 e. The molecule has 0 amide bonds. The Morgan fingerprint density at radius 2 is 1.73 bits per heavy atom. The molecule has 5 heteroatoms. The summed E-state index contributed by atoms with van der Waals surface area (Å²) in [5, 5.41) is 0. The van der Waals surface area contributed by atoms with Gasteiger partial charge >= 0.3 is 0 Å². The van der Waals surface area contributed by atoms with E-state index in [-0.39, 0.29) is 10.7 Å². The molecule has 0 atom stereocenters. The van der Waals surface area contributed by atoms with Crippen LogP contribution < -0.4 is 4.72 Å². The van der Waals surface area contributed by atoms with E-state index in [9.17, 15) is 13.2 Å². The van der Waals surface area contributed by atoms with Crippen LogP contribution in [0.5, 0.6) is 0 Å². The van der Waals surface area contributed by atoms with Gasteiger partial charge in [0.1, 0.15) is 0 Å². The fourth-order valence-electron chi connectivity index (χ4n) is 2.07. The van der Waals surface area contributed by atoms with E-state index in [1.807, 2.05) is 32.0 Å². The van der Waals surface area contributed by atoms with Crippen molar-refractivity contribution >= 4 is 21.5 Å². The van der Waals surface area contributed by atoms with Gasteiger partial charge in [0.05, 0.1) is 10.6 Å². The lowest BCUT2D eigenvalue weighted by Gasteiger charge is -2.12. The highest BCUT2D eigenvalue weighted by molar-refractivity contribution is 7.92. The van der Waals surface area contributed by atoms with Gasteiger partial charge in [-0.15, -0.1) is 0 Å². The molecular formula is C17H19NO3S. The first-order valence-electron chi connectivity index (χ1n) is 7.07. The zero-order valence-electron chi connectivity index (χ0n) is 12.9. The average Bonchev–Trinajstić information content (AvgIpc) is 2.49. The number of aryl methyl sites for hydroxylation is 2. The van der Waals surface area contributed by atoms with Crippen LogP contribution in [0.25, 0.3) is 0 Å². The van der Waals surface area contributed by atoms with Gasteiger partial charge in [0.25, 0.3) is 10.0 Å². The number of anilines is 1. The zero-order valence-corrected chi connectivity index (χ0v) is 13.7. The van der Waals surface area contributed by atoms with Crippen LogP contribution in [0, 0.1) is 6.92 Å². The van der Waals surface area contributed by atoms with Gasteiger partial charge in [0, 0.05) is 5.56 Å². The first-order chi connectivity index (χ1) is 10.3. The Kier molecular flexibility index (Phi) is 4.66. The second kappa shape index (κ2) is 6.32. The summed E-state index contributed by atoms with van der Waals surface area (Å²) >= 11 is 0. The Balaban J connectivity index is 2.33. The minimum absolute atomic E-state index is 0.0941. The number of hydrogen-bond donors (Lipinski definition) is 1. The van der Waals surface area contributed by atoms with Crippen LogP contribution in [0.15, 0.2) is 47.4 Å². The number of rotatable bonds is 5. The van der Waals surface area contributed by atoms with Crippen molar-refractivity contribution in [3.63, 3.8) is 0 Å². The smallest absolute Gasteiger partial charge is 0.261 e. The number of nitrogens with one attached hydrogen (secondary N) is 1. The topological polar surface area (TPSA) is 63.2 Å². The SMILES string of the molecule is CCc1ccc(C)c(NS(=O)(=O)c2ccc(C(C)=O)cc2)c1. The maximum Gasteiger partial charge on any atom is 0.261 e. The van der Waals surface area contributed by atoms with Crippen LogP contribution in [-0.2, 0) is 16.4 Å². The van der Waals surface area contributed by atoms with Crippen LogP contribution in [0.3, 0.4) is 0 Å². The Labute approximate surface area is 131 Å². The van der Waals surface area contributed by atoms with Crippen molar-refractivity contribution in [1.29, 1.82) is 0 Å². The van der Waals surface area contributed by atoms with Crippen molar-refractivity contribution in [3.05, 3.63) is 59.2 Å². The van der Waals surface area contributed by atoms with Gasteiger partial charge in [0.15, 0.2) is 5.78 Å². The molecule has 0 saturated heterocycles. The number of carbonyl (C=O) groups excluding carboxylic acids is 1. The standard InChI is InChI=1S/C17H19NO3S/c1-4-14-6-5-12(2)17(11-14)18-22(20,21)16-9-7-15(8-10-16)13(3)19/h5-11,18H,4H2,1-3H3. The van der Waals surface area contributed by atoms with Gasteiger partial charge < -0.3 is 0 Å². The highest BCUT2D eigenvalue weighted by Gasteiger charge is 2.15. The van der Waals surface area contributed by atoms with E-state index >= 15 is 0 Å². The summed E-state index contributed by atoms with van der Waals surface area (Å²) in [6.07, 6.45) is 0.836. The Hall–Kier alpha value is -2.14. The van der Waals surface area contributed by atoms with E-state index in [1.54, 1.807) is 0 Å². The quantitative estimate of drug-likeness (QED) is 0.858. The summed E-state index contributed by atoms with van der Waals surface area (Å²) in [5.41, 5.74) is 2.99. The second-order valence-electron chi connectivity index (χ2n) is 5.19. The van der Waals surface area contributed by atoms with Crippen molar-refractivity contribution in [2.24, 2.45) is 0 Å². The van der Waals surface area contributed by atoms with Crippen molar-refractivity contribution in [2.45, 2.75) is 32.1 Å². The Morgan fingerprint density at radius 1 is 1.09 bits per heavy atom. The molecule has 0 aliphatic heterocycles. The van der Waals surface area contributed by atoms with Crippen LogP contribution in [0.4, 0.5) is 5.69 Å². The lowest BCUT2D eigenvalue weighted by molar-refractivity contribution is 0.101. The van der Waals surface area contributed by atoms with Gasteiger partial charge in [0.2, 0.25) is 0 Å². The number of ketones is 1. The predicted molar refractivity (Wildman–Crippen MR) is 87.8 cm³/mol. The van der Waals surface area contributed by atoms with E-state index in [1.165, 1.54) is 31.2 Å². The third-order valence-corrected chi connectivity index (χ3v) is 4.91. The zero-order chi connectivity index (χ0) is 16.3. The first-order valence-corrected chi connectivity index (χ1v) is 8.55. The van der Waals surface area contributed by atoms with Crippen LogP contribution >= 0.6 is 0 Å². The van der Waals surface area contributed by atoms with E-state index in [4.69, 9.17) is 0 Å². The number of hydrogen-bond acceptors (Lipinski definition) is 3. The second-order valence-corrected chi connectivity index (χ2v) is 6.87. The summed E-state index contributed by atoms with van der Waals surface area (Å²) in [5.74, 6) is -0.0941.